The second-order valence-electron chi connectivity index (χ2n) is 24.0. The topological polar surface area (TPSA) is 33.5 Å². The molecule has 3 nitrogen and oxygen atoms in total. The van der Waals surface area contributed by atoms with Gasteiger partial charge in [-0.25, -0.2) is 0 Å². The van der Waals surface area contributed by atoms with E-state index in [9.17, 15) is 4.79 Å². The summed E-state index contributed by atoms with van der Waals surface area (Å²) in [7, 11) is 0. The summed E-state index contributed by atoms with van der Waals surface area (Å²) in [6.07, 6.45) is 26.9. The molecule has 0 saturated heterocycles. The maximum absolute atomic E-state index is 11.8. The van der Waals surface area contributed by atoms with Gasteiger partial charge in [0, 0.05) is 39.5 Å². The second kappa shape index (κ2) is 25.0. The van der Waals surface area contributed by atoms with Crippen LogP contribution in [0.3, 0.4) is 0 Å². The van der Waals surface area contributed by atoms with Gasteiger partial charge in [-0.3, -0.25) is 4.79 Å². The number of aldehydes is 1. The molecule has 7 aromatic carbocycles. The zero-order valence-corrected chi connectivity index (χ0v) is 47.6. The lowest BCUT2D eigenvalue weighted by Gasteiger charge is -2.26. The molecule has 1 unspecified atom stereocenters. The van der Waals surface area contributed by atoms with Crippen LogP contribution in [0.15, 0.2) is 174 Å². The minimum atomic E-state index is 0.111. The number of furan rings is 1. The van der Waals surface area contributed by atoms with E-state index in [1.807, 2.05) is 18.2 Å². The van der Waals surface area contributed by atoms with Gasteiger partial charge in [0.25, 0.3) is 0 Å². The number of fused-ring (bicyclic) bond motifs is 4. The van der Waals surface area contributed by atoms with Crippen LogP contribution in [0.5, 0.6) is 0 Å². The van der Waals surface area contributed by atoms with E-state index in [1.165, 1.54) is 137 Å². The maximum atomic E-state index is 11.8. The van der Waals surface area contributed by atoms with Gasteiger partial charge in [-0.15, -0.1) is 0 Å². The van der Waals surface area contributed by atoms with Crippen molar-refractivity contribution in [1.29, 1.82) is 0 Å². The molecule has 1 heterocycles. The summed E-state index contributed by atoms with van der Waals surface area (Å²) < 4.78 is 6.67. The molecule has 0 amide bonds. The molecule has 0 radical (unpaired) electrons. The van der Waals surface area contributed by atoms with Crippen LogP contribution in [0, 0.1) is 5.41 Å². The molecule has 9 rings (SSSR count). The first-order valence-electron chi connectivity index (χ1n) is 29.2. The summed E-state index contributed by atoms with van der Waals surface area (Å²) in [5.41, 5.74) is 20.6. The Bertz CT molecular complexity index is 3280. The largest absolute Gasteiger partial charge is 0.456 e. The lowest BCUT2D eigenvalue weighted by Crippen LogP contribution is -2.10. The molecule has 8 aromatic rings. The molecular weight excluding hydrogens is 935 g/mol. The van der Waals surface area contributed by atoms with Gasteiger partial charge in [0.05, 0.1) is 0 Å². The van der Waals surface area contributed by atoms with Crippen LogP contribution < -0.4 is 4.90 Å². The average molecular weight is 1020 g/mol. The van der Waals surface area contributed by atoms with E-state index in [-0.39, 0.29) is 10.8 Å². The molecule has 3 heteroatoms. The fraction of sp³-hybridized carbons (Fsp3) is 0.338. The van der Waals surface area contributed by atoms with E-state index >= 15 is 0 Å². The fourth-order valence-electron chi connectivity index (χ4n) is 11.3. The Hall–Kier alpha value is -6.97. The molecule has 0 saturated carbocycles. The number of anilines is 3. The van der Waals surface area contributed by atoms with Crippen molar-refractivity contribution in [2.45, 2.75) is 157 Å². The third-order valence-electron chi connectivity index (χ3n) is 15.8. The van der Waals surface area contributed by atoms with Gasteiger partial charge in [0.1, 0.15) is 17.6 Å². The Morgan fingerprint density at radius 1 is 0.494 bits per heavy atom. The first kappa shape index (κ1) is 54.8. The Morgan fingerprint density at radius 2 is 1.04 bits per heavy atom. The van der Waals surface area contributed by atoms with Crippen LogP contribution in [0.4, 0.5) is 17.1 Å². The molecular formula is C74H83NO2. The van der Waals surface area contributed by atoms with Crippen molar-refractivity contribution < 1.29 is 9.21 Å². The van der Waals surface area contributed by atoms with Gasteiger partial charge in [0.2, 0.25) is 0 Å². The summed E-state index contributed by atoms with van der Waals surface area (Å²) in [6.45, 7) is 18.1. The summed E-state index contributed by atoms with van der Waals surface area (Å²) in [5, 5.41) is 1.03. The summed E-state index contributed by atoms with van der Waals surface area (Å²) in [4.78, 5) is 14.2. The molecule has 0 aliphatic heterocycles. The lowest BCUT2D eigenvalue weighted by atomic mass is 9.86. The molecule has 1 aliphatic carbocycles. The van der Waals surface area contributed by atoms with Gasteiger partial charge in [-0.2, -0.15) is 0 Å². The van der Waals surface area contributed by atoms with Crippen molar-refractivity contribution in [3.8, 4) is 44.7 Å². The van der Waals surface area contributed by atoms with Gasteiger partial charge in [-0.1, -0.05) is 241 Å². The number of carbonyl (C=O) groups is 1. The molecule has 1 aromatic heterocycles. The van der Waals surface area contributed by atoms with Crippen LogP contribution in [0.25, 0.3) is 61.7 Å². The van der Waals surface area contributed by atoms with E-state index in [2.05, 4.69) is 218 Å². The zero-order chi connectivity index (χ0) is 53.9. The summed E-state index contributed by atoms with van der Waals surface area (Å²) in [5.74, 6) is 1.19. The van der Waals surface area contributed by atoms with E-state index in [1.54, 1.807) is 0 Å². The fourth-order valence-corrected chi connectivity index (χ4v) is 11.3. The molecule has 77 heavy (non-hydrogen) atoms. The monoisotopic (exact) mass is 1020 g/mol. The Kier molecular flexibility index (Phi) is 17.8. The lowest BCUT2D eigenvalue weighted by molar-refractivity contribution is 0.112. The van der Waals surface area contributed by atoms with Gasteiger partial charge >= 0.3 is 0 Å². The predicted octanol–water partition coefficient (Wildman–Crippen LogP) is 22.4. The number of hydrogen-bond acceptors (Lipinski definition) is 3. The van der Waals surface area contributed by atoms with Crippen LogP contribution in [0.1, 0.15) is 183 Å². The van der Waals surface area contributed by atoms with Crippen molar-refractivity contribution in [3.63, 3.8) is 0 Å². The van der Waals surface area contributed by atoms with Crippen molar-refractivity contribution in [2.24, 2.45) is 5.41 Å². The number of aryl methyl sites for hydroxylation is 1. The predicted molar refractivity (Wildman–Crippen MR) is 331 cm³/mol. The smallest absolute Gasteiger partial charge is 0.150 e. The number of allylic oxidation sites excluding steroid dienone is 3. The molecule has 1 atom stereocenters. The standard InChI is InChI=1S/C74H83NO2/c1-9-11-13-15-17-19-24-59-49-69-66-45-36-58(48-68(66)65(25-20-18-16-14-12-10-2)70(69)51-67(59)72-50-60-29-26-54(52-76)47-71(60)77-72)57-34-43-64(44-35-57)75(62-39-27-53(28-40-62)23-21-22-46-73(3,4)5)63-41-32-56(33-42-63)55-30-37-61(38-31-55)74(6,7)8/h21-23,26-52,65H,9-20,24-25H2,1-8H3/b23-21+,46-22+. The SMILES string of the molecule is CCCCCCCCc1cc2c(cc1-c1cc3ccc(C=O)cc3o1)C(CCCCCCCC)c1cc(-c3ccc(N(c4ccc(/C=C/C=C/C(C)(C)C)cc4)c4ccc(-c5ccc(C(C)(C)C)cc5)cc4)cc3)ccc1-2. The van der Waals surface area contributed by atoms with E-state index < -0.39 is 0 Å². The molecule has 0 N–H and O–H groups in total. The van der Waals surface area contributed by atoms with Crippen LogP contribution in [0.2, 0.25) is 0 Å². The van der Waals surface area contributed by atoms with Crippen molar-refractivity contribution >= 4 is 40.4 Å². The van der Waals surface area contributed by atoms with Gasteiger partial charge in [0.15, 0.2) is 0 Å². The average Bonchev–Trinajstić information content (AvgIpc) is 4.01. The first-order valence-corrected chi connectivity index (χ1v) is 29.2. The second-order valence-corrected chi connectivity index (χ2v) is 24.0. The quantitative estimate of drug-likeness (QED) is 0.0364. The van der Waals surface area contributed by atoms with Crippen molar-refractivity contribution in [1.82, 2.24) is 0 Å². The summed E-state index contributed by atoms with van der Waals surface area (Å²) in [6, 6.07) is 56.5. The third-order valence-corrected chi connectivity index (χ3v) is 15.8. The van der Waals surface area contributed by atoms with Gasteiger partial charge < -0.3 is 9.32 Å². The number of rotatable bonds is 23. The number of nitrogens with zero attached hydrogens (tertiary/aromatic N) is 1. The highest BCUT2D eigenvalue weighted by molar-refractivity contribution is 5.91. The third kappa shape index (κ3) is 13.6. The highest BCUT2D eigenvalue weighted by Gasteiger charge is 2.31. The number of carbonyl (C=O) groups excluding carboxylic acids is 1. The highest BCUT2D eigenvalue weighted by atomic mass is 16.3. The minimum Gasteiger partial charge on any atom is -0.456 e. The number of benzene rings is 7. The first-order chi connectivity index (χ1) is 37.3. The molecule has 0 fully saturated rings. The van der Waals surface area contributed by atoms with Crippen molar-refractivity contribution in [2.75, 3.05) is 4.90 Å². The van der Waals surface area contributed by atoms with Gasteiger partial charge in [-0.05, 0) is 152 Å². The van der Waals surface area contributed by atoms with Crippen molar-refractivity contribution in [3.05, 3.63) is 203 Å². The normalized spacial score (nSPS) is 13.5. The van der Waals surface area contributed by atoms with E-state index in [0.717, 1.165) is 59.3 Å². The molecule has 1 aliphatic rings. The Morgan fingerprint density at radius 3 is 1.65 bits per heavy atom. The number of hydrogen-bond donors (Lipinski definition) is 0. The van der Waals surface area contributed by atoms with E-state index in [4.69, 9.17) is 4.42 Å². The molecule has 0 bridgehead atoms. The van der Waals surface area contributed by atoms with Crippen LogP contribution in [-0.4, -0.2) is 6.29 Å². The van der Waals surface area contributed by atoms with Crippen LogP contribution in [-0.2, 0) is 11.8 Å². The zero-order valence-electron chi connectivity index (χ0n) is 47.6. The molecule has 0 spiro atoms. The highest BCUT2D eigenvalue weighted by Crippen LogP contribution is 2.51. The Balaban J connectivity index is 1.05. The Labute approximate surface area is 462 Å². The summed E-state index contributed by atoms with van der Waals surface area (Å²) >= 11 is 0. The molecule has 396 valence electrons. The minimum absolute atomic E-state index is 0.111. The maximum Gasteiger partial charge on any atom is 0.150 e. The van der Waals surface area contributed by atoms with Crippen LogP contribution >= 0.6 is 0 Å². The number of unbranched alkanes of at least 4 members (excludes halogenated alkanes) is 10. The van der Waals surface area contributed by atoms with E-state index in [0.29, 0.717) is 11.5 Å².